The summed E-state index contributed by atoms with van der Waals surface area (Å²) in [7, 11) is -3.50. The average Bonchev–Trinajstić information content (AvgIpc) is 2.94. The lowest BCUT2D eigenvalue weighted by atomic mass is 10.2. The molecule has 0 atom stereocenters. The lowest BCUT2D eigenvalue weighted by Gasteiger charge is -2.09. The monoisotopic (exact) mass is 366 g/mol. The fraction of sp³-hybridized carbons (Fsp3) is 0.200. The second-order valence-corrected chi connectivity index (χ2v) is 7.53. The first-order chi connectivity index (χ1) is 10.1. The van der Waals surface area contributed by atoms with Crippen LogP contribution < -0.4 is 10.0 Å². The molecule has 0 fully saturated rings. The van der Waals surface area contributed by atoms with Crippen LogP contribution in [0.3, 0.4) is 0 Å². The van der Waals surface area contributed by atoms with Crippen LogP contribution >= 0.6 is 15.9 Å². The molecule has 3 rings (SSSR count). The molecule has 0 aromatic heterocycles. The van der Waals surface area contributed by atoms with E-state index in [1.807, 2.05) is 30.3 Å². The molecule has 1 aliphatic rings. The van der Waals surface area contributed by atoms with Crippen molar-refractivity contribution in [2.45, 2.75) is 17.9 Å². The lowest BCUT2D eigenvalue weighted by molar-refractivity contribution is 0.581. The highest BCUT2D eigenvalue weighted by atomic mass is 79.9. The maximum atomic E-state index is 12.4. The van der Waals surface area contributed by atoms with Crippen LogP contribution in [0, 0.1) is 0 Å². The molecular weight excluding hydrogens is 352 g/mol. The van der Waals surface area contributed by atoms with Crippen molar-refractivity contribution in [1.82, 2.24) is 4.72 Å². The third-order valence-electron chi connectivity index (χ3n) is 3.51. The molecule has 0 spiro atoms. The molecule has 6 heteroatoms. The Morgan fingerprint density at radius 1 is 1.19 bits per heavy atom. The standard InChI is InChI=1S/C15H15BrN2O2S/c16-14-4-2-1-3-12(14)10-18-21(19,20)13-5-6-15-11(9-13)7-8-17-15/h1-6,9,17-18H,7-8,10H2. The summed E-state index contributed by atoms with van der Waals surface area (Å²) >= 11 is 3.42. The van der Waals surface area contributed by atoms with E-state index in [2.05, 4.69) is 26.0 Å². The fourth-order valence-electron chi connectivity index (χ4n) is 2.35. The van der Waals surface area contributed by atoms with Gasteiger partial charge in [-0.2, -0.15) is 0 Å². The smallest absolute Gasteiger partial charge is 0.240 e. The fourth-order valence-corrected chi connectivity index (χ4v) is 3.83. The first kappa shape index (κ1) is 14.6. The van der Waals surface area contributed by atoms with Crippen molar-refractivity contribution in [3.8, 4) is 0 Å². The first-order valence-electron chi connectivity index (χ1n) is 6.66. The highest BCUT2D eigenvalue weighted by molar-refractivity contribution is 9.10. The van der Waals surface area contributed by atoms with Crippen LogP contribution in [0.4, 0.5) is 5.69 Å². The molecule has 1 aliphatic heterocycles. The van der Waals surface area contributed by atoms with Crippen molar-refractivity contribution in [3.63, 3.8) is 0 Å². The number of sulfonamides is 1. The summed E-state index contributed by atoms with van der Waals surface area (Å²) < 4.78 is 28.3. The molecule has 0 radical (unpaired) electrons. The van der Waals surface area contributed by atoms with Gasteiger partial charge in [-0.25, -0.2) is 13.1 Å². The van der Waals surface area contributed by atoms with Crippen LogP contribution in [-0.4, -0.2) is 15.0 Å². The Morgan fingerprint density at radius 3 is 2.81 bits per heavy atom. The van der Waals surface area contributed by atoms with Gasteiger partial charge < -0.3 is 5.32 Å². The molecule has 0 bridgehead atoms. The largest absolute Gasteiger partial charge is 0.384 e. The van der Waals surface area contributed by atoms with Gasteiger partial charge in [0.1, 0.15) is 0 Å². The van der Waals surface area contributed by atoms with E-state index in [9.17, 15) is 8.42 Å². The molecular formula is C15H15BrN2O2S. The summed E-state index contributed by atoms with van der Waals surface area (Å²) in [4.78, 5) is 0.317. The van der Waals surface area contributed by atoms with E-state index >= 15 is 0 Å². The topological polar surface area (TPSA) is 58.2 Å². The molecule has 0 amide bonds. The third-order valence-corrected chi connectivity index (χ3v) is 5.68. The summed E-state index contributed by atoms with van der Waals surface area (Å²) in [6.45, 7) is 1.13. The number of halogens is 1. The number of hydrogen-bond acceptors (Lipinski definition) is 3. The SMILES string of the molecule is O=S(=O)(NCc1ccccc1Br)c1ccc2c(c1)CCN2. The van der Waals surface area contributed by atoms with Crippen LogP contribution in [0.25, 0.3) is 0 Å². The summed E-state index contributed by atoms with van der Waals surface area (Å²) in [6.07, 6.45) is 0.864. The Balaban J connectivity index is 1.80. The second-order valence-electron chi connectivity index (χ2n) is 4.91. The van der Waals surface area contributed by atoms with Gasteiger partial charge in [-0.1, -0.05) is 34.1 Å². The number of benzene rings is 2. The van der Waals surface area contributed by atoms with E-state index in [1.54, 1.807) is 12.1 Å². The van der Waals surface area contributed by atoms with E-state index in [1.165, 1.54) is 0 Å². The Morgan fingerprint density at radius 2 is 2.00 bits per heavy atom. The van der Waals surface area contributed by atoms with Gasteiger partial charge >= 0.3 is 0 Å². The molecule has 0 unspecified atom stereocenters. The minimum Gasteiger partial charge on any atom is -0.384 e. The maximum Gasteiger partial charge on any atom is 0.240 e. The molecule has 4 nitrogen and oxygen atoms in total. The Hall–Kier alpha value is -1.37. The van der Waals surface area contributed by atoms with Gasteiger partial charge in [-0.05, 0) is 41.8 Å². The molecule has 2 aromatic rings. The quantitative estimate of drug-likeness (QED) is 0.874. The molecule has 21 heavy (non-hydrogen) atoms. The van der Waals surface area contributed by atoms with Gasteiger partial charge in [0.2, 0.25) is 10.0 Å². The molecule has 110 valence electrons. The van der Waals surface area contributed by atoms with Gasteiger partial charge in [0.25, 0.3) is 0 Å². The number of rotatable bonds is 4. The first-order valence-corrected chi connectivity index (χ1v) is 8.94. The molecule has 2 aromatic carbocycles. The Labute approximate surface area is 132 Å². The van der Waals surface area contributed by atoms with E-state index in [-0.39, 0.29) is 6.54 Å². The average molecular weight is 367 g/mol. The second kappa shape index (κ2) is 5.79. The number of nitrogens with one attached hydrogen (secondary N) is 2. The summed E-state index contributed by atoms with van der Waals surface area (Å²) in [5, 5.41) is 3.22. The number of hydrogen-bond donors (Lipinski definition) is 2. The predicted molar refractivity (Wildman–Crippen MR) is 86.8 cm³/mol. The van der Waals surface area contributed by atoms with Crippen molar-refractivity contribution in [1.29, 1.82) is 0 Å². The number of fused-ring (bicyclic) bond motifs is 1. The van der Waals surface area contributed by atoms with Crippen molar-refractivity contribution in [3.05, 3.63) is 58.1 Å². The molecule has 0 saturated heterocycles. The highest BCUT2D eigenvalue weighted by Crippen LogP contribution is 2.25. The van der Waals surface area contributed by atoms with E-state index in [0.717, 1.165) is 34.3 Å². The zero-order valence-corrected chi connectivity index (χ0v) is 13.7. The third kappa shape index (κ3) is 3.12. The molecule has 0 aliphatic carbocycles. The van der Waals surface area contributed by atoms with Crippen molar-refractivity contribution >= 4 is 31.6 Å². The van der Waals surface area contributed by atoms with E-state index in [4.69, 9.17) is 0 Å². The lowest BCUT2D eigenvalue weighted by Crippen LogP contribution is -2.23. The van der Waals surface area contributed by atoms with Gasteiger partial charge in [-0.3, -0.25) is 0 Å². The summed E-state index contributed by atoms with van der Waals surface area (Å²) in [6, 6.07) is 12.8. The van der Waals surface area contributed by atoms with Gasteiger partial charge in [0, 0.05) is 23.2 Å². The van der Waals surface area contributed by atoms with Crippen LogP contribution in [0.2, 0.25) is 0 Å². The van der Waals surface area contributed by atoms with Crippen molar-refractivity contribution in [2.24, 2.45) is 0 Å². The van der Waals surface area contributed by atoms with E-state index in [0.29, 0.717) is 4.90 Å². The highest BCUT2D eigenvalue weighted by Gasteiger charge is 2.18. The Bertz CT molecular complexity index is 775. The van der Waals surface area contributed by atoms with Crippen LogP contribution in [0.5, 0.6) is 0 Å². The van der Waals surface area contributed by atoms with Gasteiger partial charge in [0.15, 0.2) is 0 Å². The van der Waals surface area contributed by atoms with Gasteiger partial charge in [-0.15, -0.1) is 0 Å². The van der Waals surface area contributed by atoms with Crippen molar-refractivity contribution in [2.75, 3.05) is 11.9 Å². The normalized spacial score (nSPS) is 13.8. The minimum atomic E-state index is -3.50. The summed E-state index contributed by atoms with van der Waals surface area (Å²) in [5.74, 6) is 0. The molecule has 2 N–H and O–H groups in total. The Kier molecular flexibility index (Phi) is 4.01. The van der Waals surface area contributed by atoms with Gasteiger partial charge in [0.05, 0.1) is 4.90 Å². The molecule has 1 heterocycles. The number of anilines is 1. The molecule has 0 saturated carbocycles. The zero-order chi connectivity index (χ0) is 14.9. The predicted octanol–water partition coefficient (Wildman–Crippen LogP) is 2.90. The van der Waals surface area contributed by atoms with Crippen LogP contribution in [-0.2, 0) is 23.0 Å². The van der Waals surface area contributed by atoms with Crippen molar-refractivity contribution < 1.29 is 8.42 Å². The maximum absolute atomic E-state index is 12.4. The van der Waals surface area contributed by atoms with Crippen LogP contribution in [0.15, 0.2) is 51.8 Å². The van der Waals surface area contributed by atoms with E-state index < -0.39 is 10.0 Å². The zero-order valence-electron chi connectivity index (χ0n) is 11.3. The minimum absolute atomic E-state index is 0.263. The summed E-state index contributed by atoms with van der Waals surface area (Å²) in [5.41, 5.74) is 2.99. The van der Waals surface area contributed by atoms with Crippen LogP contribution in [0.1, 0.15) is 11.1 Å².